The number of carbonyl (C=O) groups excluding carboxylic acids is 2. The standard InChI is InChI=1S/C21H15Cl2N3O7S/c22-13-5-8-15(9-6-13)34(31,32)25-17-4-2-1-3-16(17)21(28)33-12-20(27)24-18-11-14(23)7-10-19(18)26(29)30/h1-11,25H,12H2,(H,24,27). The van der Waals surface area contributed by atoms with Gasteiger partial charge in [0.2, 0.25) is 0 Å². The molecule has 0 radical (unpaired) electrons. The Hall–Kier alpha value is -3.67. The molecule has 3 rings (SSSR count). The van der Waals surface area contributed by atoms with Gasteiger partial charge in [0.1, 0.15) is 5.69 Å². The fourth-order valence-electron chi connectivity index (χ4n) is 2.73. The van der Waals surface area contributed by atoms with E-state index in [1.165, 1.54) is 60.7 Å². The van der Waals surface area contributed by atoms with Gasteiger partial charge in [-0.3, -0.25) is 19.6 Å². The van der Waals surface area contributed by atoms with Crippen LogP contribution in [0.4, 0.5) is 17.1 Å². The second-order valence-corrected chi connectivity index (χ2v) is 9.20. The zero-order valence-corrected chi connectivity index (χ0v) is 19.4. The molecule has 3 aromatic carbocycles. The van der Waals surface area contributed by atoms with Gasteiger partial charge >= 0.3 is 5.97 Å². The lowest BCUT2D eigenvalue weighted by Crippen LogP contribution is -2.22. The van der Waals surface area contributed by atoms with Crippen LogP contribution in [-0.2, 0) is 19.6 Å². The van der Waals surface area contributed by atoms with Crippen molar-refractivity contribution in [2.45, 2.75) is 4.90 Å². The minimum atomic E-state index is -4.05. The summed E-state index contributed by atoms with van der Waals surface area (Å²) in [5, 5.41) is 13.9. The van der Waals surface area contributed by atoms with Gasteiger partial charge in [0.05, 0.1) is 21.1 Å². The Morgan fingerprint density at radius 2 is 1.59 bits per heavy atom. The number of hydrogen-bond donors (Lipinski definition) is 2. The fourth-order valence-corrected chi connectivity index (χ4v) is 4.11. The summed E-state index contributed by atoms with van der Waals surface area (Å²) >= 11 is 11.6. The van der Waals surface area contributed by atoms with E-state index in [0.29, 0.717) is 5.02 Å². The van der Waals surface area contributed by atoms with Crippen LogP contribution in [0.25, 0.3) is 0 Å². The summed E-state index contributed by atoms with van der Waals surface area (Å²) in [6.07, 6.45) is 0. The van der Waals surface area contributed by atoms with Gasteiger partial charge in [0.25, 0.3) is 21.6 Å². The minimum absolute atomic E-state index is 0.0756. The Labute approximate surface area is 203 Å². The number of nitrogens with one attached hydrogen (secondary N) is 2. The third-order valence-electron chi connectivity index (χ3n) is 4.28. The van der Waals surface area contributed by atoms with Crippen molar-refractivity contribution in [3.8, 4) is 0 Å². The highest BCUT2D eigenvalue weighted by Crippen LogP contribution is 2.27. The van der Waals surface area contributed by atoms with Crippen molar-refractivity contribution in [3.63, 3.8) is 0 Å². The molecule has 3 aromatic rings. The van der Waals surface area contributed by atoms with E-state index in [1.54, 1.807) is 0 Å². The molecule has 0 atom stereocenters. The Morgan fingerprint density at radius 3 is 2.26 bits per heavy atom. The summed E-state index contributed by atoms with van der Waals surface area (Å²) < 4.78 is 32.5. The van der Waals surface area contributed by atoms with Crippen LogP contribution in [0.3, 0.4) is 0 Å². The maximum Gasteiger partial charge on any atom is 0.340 e. The van der Waals surface area contributed by atoms with Crippen molar-refractivity contribution in [3.05, 3.63) is 92.5 Å². The highest BCUT2D eigenvalue weighted by molar-refractivity contribution is 7.92. The molecule has 0 saturated carbocycles. The molecular weight excluding hydrogens is 509 g/mol. The maximum atomic E-state index is 12.6. The van der Waals surface area contributed by atoms with E-state index >= 15 is 0 Å². The lowest BCUT2D eigenvalue weighted by Gasteiger charge is -2.12. The van der Waals surface area contributed by atoms with Gasteiger partial charge in [0, 0.05) is 16.1 Å². The second-order valence-electron chi connectivity index (χ2n) is 6.65. The smallest absolute Gasteiger partial charge is 0.340 e. The van der Waals surface area contributed by atoms with Gasteiger partial charge in [-0.05, 0) is 48.5 Å². The Kier molecular flexibility index (Phi) is 7.72. The molecule has 2 N–H and O–H groups in total. The molecule has 0 aliphatic heterocycles. The molecule has 34 heavy (non-hydrogen) atoms. The summed E-state index contributed by atoms with van der Waals surface area (Å²) in [5.74, 6) is -1.86. The van der Waals surface area contributed by atoms with Gasteiger partial charge in [-0.25, -0.2) is 13.2 Å². The average molecular weight is 524 g/mol. The van der Waals surface area contributed by atoms with Crippen molar-refractivity contribution in [2.24, 2.45) is 0 Å². The number of carbonyl (C=O) groups is 2. The van der Waals surface area contributed by atoms with Crippen LogP contribution in [0.1, 0.15) is 10.4 Å². The summed E-state index contributed by atoms with van der Waals surface area (Å²) in [6, 6.07) is 14.6. The number of hydrogen-bond acceptors (Lipinski definition) is 7. The van der Waals surface area contributed by atoms with Gasteiger partial charge in [0.15, 0.2) is 6.61 Å². The highest BCUT2D eigenvalue weighted by atomic mass is 35.5. The molecule has 13 heteroatoms. The monoisotopic (exact) mass is 523 g/mol. The molecule has 10 nitrogen and oxygen atoms in total. The van der Waals surface area contributed by atoms with Gasteiger partial charge in [-0.1, -0.05) is 35.3 Å². The number of anilines is 2. The quantitative estimate of drug-likeness (QED) is 0.251. The van der Waals surface area contributed by atoms with Gasteiger partial charge < -0.3 is 10.1 Å². The van der Waals surface area contributed by atoms with Crippen LogP contribution in [0.2, 0.25) is 10.0 Å². The van der Waals surface area contributed by atoms with E-state index in [9.17, 15) is 28.1 Å². The Balaban J connectivity index is 1.71. The molecule has 0 unspecified atom stereocenters. The van der Waals surface area contributed by atoms with E-state index < -0.39 is 39.1 Å². The molecule has 0 bridgehead atoms. The number of ether oxygens (including phenoxy) is 1. The number of halogens is 2. The van der Waals surface area contributed by atoms with Crippen molar-refractivity contribution in [2.75, 3.05) is 16.6 Å². The number of para-hydroxylation sites is 1. The number of nitro groups is 1. The molecule has 0 aliphatic carbocycles. The normalized spacial score (nSPS) is 10.9. The molecular formula is C21H15Cl2N3O7S. The number of amides is 1. The molecule has 0 heterocycles. The summed E-state index contributed by atoms with van der Waals surface area (Å²) in [7, 11) is -4.05. The minimum Gasteiger partial charge on any atom is -0.452 e. The molecule has 0 spiro atoms. The van der Waals surface area contributed by atoms with Crippen molar-refractivity contribution in [1.29, 1.82) is 0 Å². The van der Waals surface area contributed by atoms with Crippen LogP contribution in [0.15, 0.2) is 71.6 Å². The van der Waals surface area contributed by atoms with E-state index in [0.717, 1.165) is 6.07 Å². The third kappa shape index (κ3) is 6.22. The first kappa shape index (κ1) is 25.0. The van der Waals surface area contributed by atoms with Crippen LogP contribution in [0, 0.1) is 10.1 Å². The third-order valence-corrected chi connectivity index (χ3v) is 6.15. The van der Waals surface area contributed by atoms with Crippen molar-refractivity contribution < 1.29 is 27.7 Å². The average Bonchev–Trinajstić information content (AvgIpc) is 2.77. The molecule has 176 valence electrons. The zero-order valence-electron chi connectivity index (χ0n) is 17.0. The van der Waals surface area contributed by atoms with Gasteiger partial charge in [-0.15, -0.1) is 0 Å². The SMILES string of the molecule is O=C(COC(=O)c1ccccc1NS(=O)(=O)c1ccc(Cl)cc1)Nc1cc(Cl)ccc1[N+](=O)[O-]. The first-order valence-corrected chi connectivity index (χ1v) is 11.6. The lowest BCUT2D eigenvalue weighted by atomic mass is 10.2. The Morgan fingerprint density at radius 1 is 0.941 bits per heavy atom. The number of nitrogens with zero attached hydrogens (tertiary/aromatic N) is 1. The number of benzene rings is 3. The molecule has 0 fully saturated rings. The summed E-state index contributed by atoms with van der Waals surface area (Å²) in [5.41, 5.74) is -0.796. The number of esters is 1. The molecule has 1 amide bonds. The van der Waals surface area contributed by atoms with Crippen LogP contribution in [-0.4, -0.2) is 31.8 Å². The topological polar surface area (TPSA) is 145 Å². The lowest BCUT2D eigenvalue weighted by molar-refractivity contribution is -0.383. The molecule has 0 aliphatic rings. The first-order chi connectivity index (χ1) is 16.1. The molecule has 0 saturated heterocycles. The van der Waals surface area contributed by atoms with Crippen molar-refractivity contribution in [1.82, 2.24) is 0 Å². The van der Waals surface area contributed by atoms with E-state index in [4.69, 9.17) is 27.9 Å². The Bertz CT molecular complexity index is 1360. The fraction of sp³-hybridized carbons (Fsp3) is 0.0476. The zero-order chi connectivity index (χ0) is 24.9. The largest absolute Gasteiger partial charge is 0.452 e. The predicted molar refractivity (Wildman–Crippen MR) is 126 cm³/mol. The van der Waals surface area contributed by atoms with Crippen LogP contribution in [0.5, 0.6) is 0 Å². The second kappa shape index (κ2) is 10.5. The van der Waals surface area contributed by atoms with E-state index in [2.05, 4.69) is 10.0 Å². The van der Waals surface area contributed by atoms with Crippen LogP contribution >= 0.6 is 23.2 Å². The van der Waals surface area contributed by atoms with E-state index in [1.807, 2.05) is 0 Å². The van der Waals surface area contributed by atoms with E-state index in [-0.39, 0.29) is 26.9 Å². The van der Waals surface area contributed by atoms with Gasteiger partial charge in [-0.2, -0.15) is 0 Å². The number of sulfonamides is 1. The predicted octanol–water partition coefficient (Wildman–Crippen LogP) is 4.50. The number of nitro benzene ring substituents is 1. The summed E-state index contributed by atoms with van der Waals surface area (Å²) in [6.45, 7) is -0.791. The highest BCUT2D eigenvalue weighted by Gasteiger charge is 2.21. The van der Waals surface area contributed by atoms with Crippen LogP contribution < -0.4 is 10.0 Å². The maximum absolute atomic E-state index is 12.6. The molecule has 0 aromatic heterocycles. The van der Waals surface area contributed by atoms with Crippen molar-refractivity contribution >= 4 is 62.2 Å². The summed E-state index contributed by atoms with van der Waals surface area (Å²) in [4.78, 5) is 35.0. The number of rotatable bonds is 8. The first-order valence-electron chi connectivity index (χ1n) is 9.35.